The number of aryl methyl sites for hydroxylation is 1. The van der Waals surface area contributed by atoms with Crippen LogP contribution in [0.15, 0.2) is 15.9 Å². The molecule has 0 bridgehead atoms. The van der Waals surface area contributed by atoms with Gasteiger partial charge in [0.05, 0.1) is 10.4 Å². The summed E-state index contributed by atoms with van der Waals surface area (Å²) in [6.45, 7) is 2.30. The first-order chi connectivity index (χ1) is 6.72. The van der Waals surface area contributed by atoms with E-state index in [0.29, 0.717) is 13.0 Å². The van der Waals surface area contributed by atoms with E-state index in [1.807, 2.05) is 13.0 Å². The summed E-state index contributed by atoms with van der Waals surface area (Å²) in [5.41, 5.74) is 0. The Morgan fingerprint density at radius 2 is 2.36 bits per heavy atom. The lowest BCUT2D eigenvalue weighted by Gasteiger charge is -1.99. The first-order valence-corrected chi connectivity index (χ1v) is 6.23. The van der Waals surface area contributed by atoms with Crippen LogP contribution < -0.4 is 0 Å². The summed E-state index contributed by atoms with van der Waals surface area (Å²) < 4.78 is 5.98. The smallest absolute Gasteiger partial charge is 0.305 e. The van der Waals surface area contributed by atoms with Crippen molar-refractivity contribution in [3.05, 3.63) is 20.8 Å². The Morgan fingerprint density at radius 1 is 1.57 bits per heavy atom. The third-order valence-corrected chi connectivity index (χ3v) is 3.42. The Morgan fingerprint density at radius 3 is 2.93 bits per heavy atom. The molecule has 2 nitrogen and oxygen atoms in total. The van der Waals surface area contributed by atoms with Crippen molar-refractivity contribution in [3.63, 3.8) is 0 Å². The number of hydrogen-bond donors (Lipinski definition) is 0. The molecular weight excluding hydrogens is 264 g/mol. The minimum Gasteiger partial charge on any atom is -0.466 e. The zero-order chi connectivity index (χ0) is 10.4. The standard InChI is InChI=1S/C10H13BrO2S/c1-2-13-10(12)5-3-4-8-6-7-9(11)14-8/h6-7H,2-5H2,1H3. The topological polar surface area (TPSA) is 26.3 Å². The third kappa shape index (κ3) is 4.24. The van der Waals surface area contributed by atoms with Crippen LogP contribution in [0.2, 0.25) is 0 Å². The van der Waals surface area contributed by atoms with Crippen LogP contribution in [0.3, 0.4) is 0 Å². The fraction of sp³-hybridized carbons (Fsp3) is 0.500. The van der Waals surface area contributed by atoms with Crippen LogP contribution >= 0.6 is 27.3 Å². The average Bonchev–Trinajstić information content (AvgIpc) is 2.52. The fourth-order valence-electron chi connectivity index (χ4n) is 1.13. The van der Waals surface area contributed by atoms with Crippen molar-refractivity contribution in [2.45, 2.75) is 26.2 Å². The molecule has 0 saturated heterocycles. The number of halogens is 1. The molecule has 4 heteroatoms. The molecule has 0 N–H and O–H groups in total. The molecule has 0 amide bonds. The van der Waals surface area contributed by atoms with Gasteiger partial charge in [-0.1, -0.05) is 0 Å². The van der Waals surface area contributed by atoms with Gasteiger partial charge in [-0.05, 0) is 47.8 Å². The van der Waals surface area contributed by atoms with E-state index in [-0.39, 0.29) is 5.97 Å². The van der Waals surface area contributed by atoms with Crippen LogP contribution in [0.4, 0.5) is 0 Å². The van der Waals surface area contributed by atoms with Crippen molar-refractivity contribution in [1.29, 1.82) is 0 Å². The van der Waals surface area contributed by atoms with Gasteiger partial charge in [-0.25, -0.2) is 0 Å². The molecule has 0 spiro atoms. The number of carbonyl (C=O) groups is 1. The molecule has 0 aliphatic heterocycles. The largest absolute Gasteiger partial charge is 0.466 e. The Labute approximate surface area is 96.4 Å². The molecule has 0 atom stereocenters. The van der Waals surface area contributed by atoms with E-state index in [1.54, 1.807) is 11.3 Å². The summed E-state index contributed by atoms with van der Waals surface area (Å²) in [6, 6.07) is 4.12. The highest BCUT2D eigenvalue weighted by atomic mass is 79.9. The molecule has 0 fully saturated rings. The Bertz CT molecular complexity index is 296. The van der Waals surface area contributed by atoms with Crippen LogP contribution in [0, 0.1) is 0 Å². The maximum absolute atomic E-state index is 11.0. The van der Waals surface area contributed by atoms with Crippen molar-refractivity contribution >= 4 is 33.2 Å². The molecule has 0 radical (unpaired) electrons. The van der Waals surface area contributed by atoms with Gasteiger partial charge in [0.25, 0.3) is 0 Å². The molecule has 0 aliphatic rings. The monoisotopic (exact) mass is 276 g/mol. The van der Waals surface area contributed by atoms with Crippen LogP contribution in [-0.4, -0.2) is 12.6 Å². The summed E-state index contributed by atoms with van der Waals surface area (Å²) >= 11 is 5.12. The van der Waals surface area contributed by atoms with Gasteiger partial charge in [0.2, 0.25) is 0 Å². The van der Waals surface area contributed by atoms with E-state index >= 15 is 0 Å². The molecule has 1 heterocycles. The maximum Gasteiger partial charge on any atom is 0.305 e. The van der Waals surface area contributed by atoms with Crippen molar-refractivity contribution in [2.24, 2.45) is 0 Å². The van der Waals surface area contributed by atoms with Gasteiger partial charge in [-0.2, -0.15) is 0 Å². The average molecular weight is 277 g/mol. The van der Waals surface area contributed by atoms with Gasteiger partial charge in [0, 0.05) is 11.3 Å². The van der Waals surface area contributed by atoms with Crippen molar-refractivity contribution in [3.8, 4) is 0 Å². The van der Waals surface area contributed by atoms with E-state index in [9.17, 15) is 4.79 Å². The van der Waals surface area contributed by atoms with Gasteiger partial charge in [-0.15, -0.1) is 11.3 Å². The quantitative estimate of drug-likeness (QED) is 0.771. The second-order valence-corrected chi connectivity index (χ2v) is 5.41. The third-order valence-electron chi connectivity index (χ3n) is 1.74. The summed E-state index contributed by atoms with van der Waals surface area (Å²) in [6.07, 6.45) is 2.34. The number of carbonyl (C=O) groups excluding carboxylic acids is 1. The second-order valence-electron chi connectivity index (χ2n) is 2.86. The first-order valence-electron chi connectivity index (χ1n) is 4.62. The van der Waals surface area contributed by atoms with E-state index in [4.69, 9.17) is 4.74 Å². The van der Waals surface area contributed by atoms with Crippen LogP contribution in [0.1, 0.15) is 24.6 Å². The Kier molecular flexibility index (Phi) is 5.19. The number of hydrogen-bond acceptors (Lipinski definition) is 3. The molecule has 0 saturated carbocycles. The molecule has 1 aromatic heterocycles. The predicted octanol–water partition coefficient (Wildman–Crippen LogP) is 3.40. The molecule has 0 aliphatic carbocycles. The van der Waals surface area contributed by atoms with Crippen LogP contribution in [0.25, 0.3) is 0 Å². The highest BCUT2D eigenvalue weighted by Gasteiger charge is 2.02. The second kappa shape index (κ2) is 6.19. The Balaban J connectivity index is 2.18. The molecule has 14 heavy (non-hydrogen) atoms. The molecule has 78 valence electrons. The summed E-state index contributed by atoms with van der Waals surface area (Å²) in [7, 11) is 0. The molecule has 0 aromatic carbocycles. The van der Waals surface area contributed by atoms with E-state index < -0.39 is 0 Å². The summed E-state index contributed by atoms with van der Waals surface area (Å²) in [4.78, 5) is 12.3. The van der Waals surface area contributed by atoms with Crippen LogP contribution in [-0.2, 0) is 16.0 Å². The fourth-order valence-corrected chi connectivity index (χ4v) is 2.65. The van der Waals surface area contributed by atoms with Gasteiger partial charge in [0.1, 0.15) is 0 Å². The summed E-state index contributed by atoms with van der Waals surface area (Å²) in [5, 5.41) is 0. The van der Waals surface area contributed by atoms with E-state index in [2.05, 4.69) is 22.0 Å². The van der Waals surface area contributed by atoms with Gasteiger partial charge in [-0.3, -0.25) is 4.79 Å². The minimum atomic E-state index is -0.0943. The Hall–Kier alpha value is -0.350. The number of rotatable bonds is 5. The number of esters is 1. The minimum absolute atomic E-state index is 0.0943. The normalized spacial score (nSPS) is 10.1. The zero-order valence-electron chi connectivity index (χ0n) is 8.09. The molecule has 1 rings (SSSR count). The van der Waals surface area contributed by atoms with Crippen molar-refractivity contribution in [2.75, 3.05) is 6.61 Å². The maximum atomic E-state index is 11.0. The zero-order valence-corrected chi connectivity index (χ0v) is 10.5. The van der Waals surface area contributed by atoms with Crippen LogP contribution in [0.5, 0.6) is 0 Å². The highest BCUT2D eigenvalue weighted by Crippen LogP contribution is 2.23. The van der Waals surface area contributed by atoms with Crippen molar-refractivity contribution < 1.29 is 9.53 Å². The van der Waals surface area contributed by atoms with Crippen molar-refractivity contribution in [1.82, 2.24) is 0 Å². The van der Waals surface area contributed by atoms with E-state index in [0.717, 1.165) is 16.6 Å². The van der Waals surface area contributed by atoms with E-state index in [1.165, 1.54) is 4.88 Å². The summed E-state index contributed by atoms with van der Waals surface area (Å²) in [5.74, 6) is -0.0943. The highest BCUT2D eigenvalue weighted by molar-refractivity contribution is 9.11. The number of ether oxygens (including phenoxy) is 1. The SMILES string of the molecule is CCOC(=O)CCCc1ccc(Br)s1. The predicted molar refractivity (Wildman–Crippen MR) is 61.6 cm³/mol. The first kappa shape index (κ1) is 11.7. The lowest BCUT2D eigenvalue weighted by Crippen LogP contribution is -2.03. The van der Waals surface area contributed by atoms with Gasteiger partial charge >= 0.3 is 5.97 Å². The lowest BCUT2D eigenvalue weighted by molar-refractivity contribution is -0.143. The lowest BCUT2D eigenvalue weighted by atomic mass is 10.2. The molecule has 1 aromatic rings. The van der Waals surface area contributed by atoms with Gasteiger partial charge < -0.3 is 4.74 Å². The molecular formula is C10H13BrO2S. The number of thiophene rings is 1. The molecule has 0 unspecified atom stereocenters. The van der Waals surface area contributed by atoms with Gasteiger partial charge in [0.15, 0.2) is 0 Å².